The molecule has 0 aliphatic heterocycles. The molecule has 0 N–H and O–H groups in total. The number of fused-ring (bicyclic) bond motifs is 1. The molecule has 4 rings (SSSR count). The van der Waals surface area contributed by atoms with E-state index in [9.17, 15) is 9.59 Å². The summed E-state index contributed by atoms with van der Waals surface area (Å²) in [4.78, 5) is 31.2. The maximum absolute atomic E-state index is 13.0. The second-order valence-corrected chi connectivity index (χ2v) is 8.56. The van der Waals surface area contributed by atoms with Crippen LogP contribution in [0.1, 0.15) is 58.5 Å². The van der Waals surface area contributed by atoms with Crippen molar-refractivity contribution in [2.24, 2.45) is 0 Å². The minimum Gasteiger partial charge on any atom is -0.458 e. The number of hydrogen-bond acceptors (Lipinski definition) is 5. The number of aromatic nitrogens is 2. The van der Waals surface area contributed by atoms with E-state index in [-0.39, 0.29) is 17.6 Å². The van der Waals surface area contributed by atoms with Gasteiger partial charge in [0, 0.05) is 0 Å². The Balaban J connectivity index is 1.63. The molecule has 0 saturated heterocycles. The SMILES string of the molecule is Cc1ccc(Cn2cnc3sc(C(=O)OC4CCCCC4)c(C)c3c2=O)cc1. The first-order chi connectivity index (χ1) is 13.5. The molecule has 28 heavy (non-hydrogen) atoms. The monoisotopic (exact) mass is 396 g/mol. The predicted molar refractivity (Wildman–Crippen MR) is 111 cm³/mol. The molecule has 1 fully saturated rings. The van der Waals surface area contributed by atoms with E-state index in [4.69, 9.17) is 4.74 Å². The van der Waals surface area contributed by atoms with Gasteiger partial charge < -0.3 is 4.74 Å². The summed E-state index contributed by atoms with van der Waals surface area (Å²) in [5, 5.41) is 0.523. The zero-order chi connectivity index (χ0) is 19.7. The van der Waals surface area contributed by atoms with E-state index >= 15 is 0 Å². The van der Waals surface area contributed by atoms with E-state index in [0.29, 0.717) is 27.2 Å². The number of carbonyl (C=O) groups is 1. The first kappa shape index (κ1) is 18.9. The molecule has 0 bridgehead atoms. The predicted octanol–water partition coefficient (Wildman–Crippen LogP) is 4.61. The van der Waals surface area contributed by atoms with Crippen molar-refractivity contribution in [3.05, 3.63) is 62.5 Å². The van der Waals surface area contributed by atoms with Gasteiger partial charge in [0.15, 0.2) is 0 Å². The fourth-order valence-electron chi connectivity index (χ4n) is 3.74. The molecule has 0 atom stereocenters. The van der Waals surface area contributed by atoms with Crippen LogP contribution in [0.5, 0.6) is 0 Å². The normalized spacial score (nSPS) is 15.1. The molecule has 1 saturated carbocycles. The lowest BCUT2D eigenvalue weighted by molar-refractivity contribution is 0.0216. The Morgan fingerprint density at radius 2 is 1.89 bits per heavy atom. The van der Waals surface area contributed by atoms with Crippen LogP contribution in [0.25, 0.3) is 10.2 Å². The van der Waals surface area contributed by atoms with Gasteiger partial charge in [0.1, 0.15) is 15.8 Å². The Labute approximate surface area is 168 Å². The molecular formula is C22H24N2O3S. The van der Waals surface area contributed by atoms with Gasteiger partial charge in [-0.3, -0.25) is 9.36 Å². The third-order valence-electron chi connectivity index (χ3n) is 5.40. The lowest BCUT2D eigenvalue weighted by Crippen LogP contribution is -2.22. The fraction of sp³-hybridized carbons (Fsp3) is 0.409. The van der Waals surface area contributed by atoms with Gasteiger partial charge in [0.2, 0.25) is 0 Å². The number of aryl methyl sites for hydroxylation is 2. The topological polar surface area (TPSA) is 61.2 Å². The van der Waals surface area contributed by atoms with Crippen LogP contribution in [0.4, 0.5) is 0 Å². The highest BCUT2D eigenvalue weighted by Crippen LogP contribution is 2.29. The molecule has 146 valence electrons. The van der Waals surface area contributed by atoms with Crippen LogP contribution in [0.3, 0.4) is 0 Å². The summed E-state index contributed by atoms with van der Waals surface area (Å²) in [5.41, 5.74) is 2.78. The van der Waals surface area contributed by atoms with Gasteiger partial charge in [0.05, 0.1) is 18.3 Å². The van der Waals surface area contributed by atoms with Crippen molar-refractivity contribution in [2.75, 3.05) is 0 Å². The van der Waals surface area contributed by atoms with Crippen LogP contribution in [0.15, 0.2) is 35.4 Å². The number of carbonyl (C=O) groups excluding carboxylic acids is 1. The summed E-state index contributed by atoms with van der Waals surface area (Å²) in [5.74, 6) is -0.322. The molecule has 1 aliphatic carbocycles. The van der Waals surface area contributed by atoms with E-state index in [1.807, 2.05) is 38.1 Å². The summed E-state index contributed by atoms with van der Waals surface area (Å²) in [7, 11) is 0. The largest absolute Gasteiger partial charge is 0.458 e. The van der Waals surface area contributed by atoms with Crippen molar-refractivity contribution < 1.29 is 9.53 Å². The smallest absolute Gasteiger partial charge is 0.348 e. The molecular weight excluding hydrogens is 372 g/mol. The van der Waals surface area contributed by atoms with E-state index in [0.717, 1.165) is 31.2 Å². The van der Waals surface area contributed by atoms with Crippen molar-refractivity contribution in [3.8, 4) is 0 Å². The van der Waals surface area contributed by atoms with Gasteiger partial charge in [-0.2, -0.15) is 0 Å². The summed E-state index contributed by atoms with van der Waals surface area (Å²) in [6, 6.07) is 8.09. The molecule has 3 aromatic rings. The first-order valence-electron chi connectivity index (χ1n) is 9.78. The third kappa shape index (κ3) is 3.74. The molecule has 0 spiro atoms. The third-order valence-corrected chi connectivity index (χ3v) is 6.58. The molecule has 5 nitrogen and oxygen atoms in total. The first-order valence-corrected chi connectivity index (χ1v) is 10.6. The Bertz CT molecular complexity index is 1060. The van der Waals surface area contributed by atoms with Crippen LogP contribution >= 0.6 is 11.3 Å². The Hall–Kier alpha value is -2.47. The van der Waals surface area contributed by atoms with Gasteiger partial charge in [0.25, 0.3) is 5.56 Å². The second-order valence-electron chi connectivity index (χ2n) is 7.56. The van der Waals surface area contributed by atoms with Gasteiger partial charge in [-0.05, 0) is 50.7 Å². The quantitative estimate of drug-likeness (QED) is 0.604. The molecule has 0 radical (unpaired) electrons. The van der Waals surface area contributed by atoms with Crippen LogP contribution in [-0.2, 0) is 11.3 Å². The molecule has 6 heteroatoms. The zero-order valence-corrected chi connectivity index (χ0v) is 17.1. The standard InChI is InChI=1S/C22H24N2O3S/c1-14-8-10-16(11-9-14)12-24-13-23-20-18(21(24)25)15(2)19(28-20)22(26)27-17-6-4-3-5-7-17/h8-11,13,17H,3-7,12H2,1-2H3. The van der Waals surface area contributed by atoms with Crippen molar-refractivity contribution in [1.29, 1.82) is 0 Å². The lowest BCUT2D eigenvalue weighted by Gasteiger charge is -2.21. The maximum Gasteiger partial charge on any atom is 0.348 e. The number of ether oxygens (including phenoxy) is 1. The summed E-state index contributed by atoms with van der Waals surface area (Å²) in [6.45, 7) is 4.31. The van der Waals surface area contributed by atoms with Crippen LogP contribution in [-0.4, -0.2) is 21.6 Å². The van der Waals surface area contributed by atoms with Gasteiger partial charge in [-0.15, -0.1) is 11.3 Å². The minimum atomic E-state index is -0.322. The number of rotatable bonds is 4. The number of thiophene rings is 1. The van der Waals surface area contributed by atoms with E-state index in [2.05, 4.69) is 4.98 Å². The van der Waals surface area contributed by atoms with E-state index in [1.165, 1.54) is 23.3 Å². The van der Waals surface area contributed by atoms with Crippen molar-refractivity contribution in [1.82, 2.24) is 9.55 Å². The summed E-state index contributed by atoms with van der Waals surface area (Å²) < 4.78 is 7.30. The van der Waals surface area contributed by atoms with Crippen molar-refractivity contribution >= 4 is 27.5 Å². The molecule has 0 unspecified atom stereocenters. The van der Waals surface area contributed by atoms with E-state index in [1.54, 1.807) is 10.9 Å². The molecule has 1 aromatic carbocycles. The van der Waals surface area contributed by atoms with Gasteiger partial charge in [-0.1, -0.05) is 36.2 Å². The number of hydrogen-bond donors (Lipinski definition) is 0. The number of nitrogens with zero attached hydrogens (tertiary/aromatic N) is 2. The summed E-state index contributed by atoms with van der Waals surface area (Å²) >= 11 is 1.25. The minimum absolute atomic E-state index is 0.00276. The fourth-order valence-corrected chi connectivity index (χ4v) is 4.77. The summed E-state index contributed by atoms with van der Waals surface area (Å²) in [6.07, 6.45) is 6.84. The number of benzene rings is 1. The van der Waals surface area contributed by atoms with Crippen molar-refractivity contribution in [2.45, 2.75) is 58.6 Å². The van der Waals surface area contributed by atoms with Gasteiger partial charge >= 0.3 is 5.97 Å². The van der Waals surface area contributed by atoms with Gasteiger partial charge in [-0.25, -0.2) is 9.78 Å². The Morgan fingerprint density at radius 1 is 1.18 bits per heavy atom. The van der Waals surface area contributed by atoms with Crippen LogP contribution in [0, 0.1) is 13.8 Å². The lowest BCUT2D eigenvalue weighted by atomic mass is 9.98. The highest BCUT2D eigenvalue weighted by molar-refractivity contribution is 7.20. The average Bonchev–Trinajstić information content (AvgIpc) is 3.04. The molecule has 0 amide bonds. The maximum atomic E-state index is 13.0. The van der Waals surface area contributed by atoms with Crippen LogP contribution in [0.2, 0.25) is 0 Å². The Morgan fingerprint density at radius 3 is 2.61 bits per heavy atom. The van der Waals surface area contributed by atoms with Crippen LogP contribution < -0.4 is 5.56 Å². The second kappa shape index (κ2) is 7.87. The highest BCUT2D eigenvalue weighted by Gasteiger charge is 2.24. The Kier molecular flexibility index (Phi) is 5.31. The number of esters is 1. The average molecular weight is 397 g/mol. The zero-order valence-electron chi connectivity index (χ0n) is 16.2. The molecule has 2 aromatic heterocycles. The van der Waals surface area contributed by atoms with Crippen molar-refractivity contribution in [3.63, 3.8) is 0 Å². The highest BCUT2D eigenvalue weighted by atomic mass is 32.1. The van der Waals surface area contributed by atoms with E-state index < -0.39 is 0 Å². The molecule has 1 aliphatic rings. The molecule has 2 heterocycles.